The number of carboxylic acids is 1. The number of amides is 2. The summed E-state index contributed by atoms with van der Waals surface area (Å²) in [4.78, 5) is 29.2. The van der Waals surface area contributed by atoms with Crippen LogP contribution in [0.25, 0.3) is 0 Å². The van der Waals surface area contributed by atoms with Crippen LogP contribution in [-0.4, -0.2) is 62.7 Å². The Morgan fingerprint density at radius 1 is 1.33 bits per heavy atom. The van der Waals surface area contributed by atoms with E-state index in [1.165, 1.54) is 9.80 Å². The molecule has 0 aromatic carbocycles. The Balaban J connectivity index is 2.47. The number of carbonyl (C=O) groups is 2. The maximum Gasteiger partial charge on any atom is 0.319 e. The summed E-state index contributed by atoms with van der Waals surface area (Å²) in [6.07, 6.45) is -0.0736. The molecule has 8 nitrogen and oxygen atoms in total. The van der Waals surface area contributed by atoms with Crippen LogP contribution in [0, 0.1) is 6.92 Å². The fraction of sp³-hybridized carbons (Fsp3) is 0.600. The smallest absolute Gasteiger partial charge is 0.319 e. The minimum atomic E-state index is -0.929. The van der Waals surface area contributed by atoms with Gasteiger partial charge < -0.3 is 14.9 Å². The van der Waals surface area contributed by atoms with Gasteiger partial charge in [-0.25, -0.2) is 9.78 Å². The molecule has 0 aliphatic heterocycles. The topological polar surface area (TPSA) is 102 Å². The fourth-order valence-electron chi connectivity index (χ4n) is 1.39. The van der Waals surface area contributed by atoms with Crippen molar-refractivity contribution in [2.45, 2.75) is 19.9 Å². The van der Waals surface area contributed by atoms with E-state index in [4.69, 9.17) is 5.11 Å². The number of aromatic amines is 1. The number of urea groups is 1. The van der Waals surface area contributed by atoms with Gasteiger partial charge in [-0.3, -0.25) is 9.89 Å². The van der Waals surface area contributed by atoms with Crippen LogP contribution >= 0.6 is 0 Å². The van der Waals surface area contributed by atoms with Gasteiger partial charge in [-0.05, 0) is 6.92 Å². The van der Waals surface area contributed by atoms with Crippen molar-refractivity contribution in [2.24, 2.45) is 0 Å². The van der Waals surface area contributed by atoms with Gasteiger partial charge in [-0.1, -0.05) is 0 Å². The number of hydrogen-bond acceptors (Lipinski definition) is 4. The van der Waals surface area contributed by atoms with E-state index in [2.05, 4.69) is 15.2 Å². The van der Waals surface area contributed by atoms with Crippen LogP contribution in [0.3, 0.4) is 0 Å². The lowest BCUT2D eigenvalue weighted by Crippen LogP contribution is -2.39. The van der Waals surface area contributed by atoms with Gasteiger partial charge in [0.1, 0.15) is 5.82 Å². The Morgan fingerprint density at radius 2 is 2.00 bits per heavy atom. The first kappa shape index (κ1) is 13.9. The molecule has 100 valence electrons. The van der Waals surface area contributed by atoms with Crippen LogP contribution in [0.15, 0.2) is 0 Å². The molecule has 0 spiro atoms. The highest BCUT2D eigenvalue weighted by molar-refractivity contribution is 5.74. The summed E-state index contributed by atoms with van der Waals surface area (Å²) in [5, 5.41) is 15.2. The number of aryl methyl sites for hydroxylation is 1. The number of aromatic nitrogens is 3. The summed E-state index contributed by atoms with van der Waals surface area (Å²) in [5.41, 5.74) is 0. The number of aliphatic carboxylic acids is 1. The highest BCUT2D eigenvalue weighted by Crippen LogP contribution is 2.01. The highest BCUT2D eigenvalue weighted by atomic mass is 16.4. The predicted molar refractivity (Wildman–Crippen MR) is 62.9 cm³/mol. The lowest BCUT2D eigenvalue weighted by Gasteiger charge is -2.23. The van der Waals surface area contributed by atoms with Crippen LogP contribution in [0.5, 0.6) is 0 Å². The van der Waals surface area contributed by atoms with Crippen LogP contribution in [-0.2, 0) is 11.3 Å². The van der Waals surface area contributed by atoms with Gasteiger partial charge >= 0.3 is 12.0 Å². The third-order valence-corrected chi connectivity index (χ3v) is 2.34. The van der Waals surface area contributed by atoms with Crippen LogP contribution in [0.1, 0.15) is 18.1 Å². The van der Waals surface area contributed by atoms with E-state index >= 15 is 0 Å². The molecule has 0 atom stereocenters. The van der Waals surface area contributed by atoms with Crippen molar-refractivity contribution >= 4 is 12.0 Å². The molecule has 2 amide bonds. The zero-order valence-electron chi connectivity index (χ0n) is 10.7. The van der Waals surface area contributed by atoms with Crippen molar-refractivity contribution in [3.63, 3.8) is 0 Å². The Bertz CT molecular complexity index is 431. The molecule has 0 aliphatic carbocycles. The molecule has 18 heavy (non-hydrogen) atoms. The normalized spacial score (nSPS) is 10.2. The average Bonchev–Trinajstić information content (AvgIpc) is 2.70. The number of nitrogens with zero attached hydrogens (tertiary/aromatic N) is 4. The molecular formula is C10H17N5O3. The number of carbonyl (C=O) groups excluding carboxylic acids is 1. The molecule has 0 unspecified atom stereocenters. The lowest BCUT2D eigenvalue weighted by atomic mass is 10.4. The van der Waals surface area contributed by atoms with E-state index in [1.807, 2.05) is 0 Å². The maximum atomic E-state index is 11.9. The van der Waals surface area contributed by atoms with Crippen LogP contribution in [0.4, 0.5) is 4.79 Å². The van der Waals surface area contributed by atoms with E-state index in [0.29, 0.717) is 11.6 Å². The summed E-state index contributed by atoms with van der Waals surface area (Å²) in [7, 11) is 3.18. The molecule has 1 rings (SSSR count). The standard InChI is InChI=1S/C10H17N5O3/c1-7-11-8(13-12-7)6-15(3)10(18)14(2)5-4-9(16)17/h4-6H2,1-3H3,(H,16,17)(H,11,12,13). The van der Waals surface area contributed by atoms with E-state index in [1.54, 1.807) is 21.0 Å². The van der Waals surface area contributed by atoms with Crippen molar-refractivity contribution in [3.05, 3.63) is 11.6 Å². The average molecular weight is 255 g/mol. The van der Waals surface area contributed by atoms with Gasteiger partial charge in [0.2, 0.25) is 0 Å². The maximum absolute atomic E-state index is 11.9. The SMILES string of the molecule is Cc1nc(CN(C)C(=O)N(C)CCC(=O)O)n[nH]1. The molecule has 8 heteroatoms. The molecule has 0 saturated heterocycles. The Labute approximate surface area is 105 Å². The van der Waals surface area contributed by atoms with Crippen molar-refractivity contribution < 1.29 is 14.7 Å². The minimum Gasteiger partial charge on any atom is -0.481 e. The second kappa shape index (κ2) is 5.99. The van der Waals surface area contributed by atoms with Gasteiger partial charge in [-0.15, -0.1) is 0 Å². The summed E-state index contributed by atoms with van der Waals surface area (Å²) in [6, 6.07) is -0.265. The molecule has 0 aliphatic rings. The first-order valence-corrected chi connectivity index (χ1v) is 5.46. The predicted octanol–water partition coefficient (Wildman–Crippen LogP) is 0.0714. The molecule has 2 N–H and O–H groups in total. The Hall–Kier alpha value is -2.12. The van der Waals surface area contributed by atoms with Gasteiger partial charge in [0.15, 0.2) is 5.82 Å². The summed E-state index contributed by atoms with van der Waals surface area (Å²) < 4.78 is 0. The second-order valence-corrected chi connectivity index (χ2v) is 4.04. The molecule has 1 aromatic heterocycles. The Morgan fingerprint density at radius 3 is 2.50 bits per heavy atom. The van der Waals surface area contributed by atoms with Crippen LogP contribution < -0.4 is 0 Å². The fourth-order valence-corrected chi connectivity index (χ4v) is 1.39. The first-order chi connectivity index (χ1) is 8.40. The third-order valence-electron chi connectivity index (χ3n) is 2.34. The lowest BCUT2D eigenvalue weighted by molar-refractivity contribution is -0.137. The molecule has 0 radical (unpaired) electrons. The third kappa shape index (κ3) is 4.04. The summed E-state index contributed by atoms with van der Waals surface area (Å²) in [5.74, 6) is 0.280. The minimum absolute atomic E-state index is 0.0736. The number of nitrogens with one attached hydrogen (secondary N) is 1. The largest absolute Gasteiger partial charge is 0.481 e. The van der Waals surface area contributed by atoms with Crippen molar-refractivity contribution in [1.29, 1.82) is 0 Å². The zero-order chi connectivity index (χ0) is 13.7. The number of carboxylic acid groups (broad SMARTS) is 1. The number of rotatable bonds is 5. The molecule has 0 saturated carbocycles. The first-order valence-electron chi connectivity index (χ1n) is 5.46. The quantitative estimate of drug-likeness (QED) is 0.775. The second-order valence-electron chi connectivity index (χ2n) is 4.04. The number of H-pyrrole nitrogens is 1. The molecule has 1 aromatic rings. The number of hydrogen-bond donors (Lipinski definition) is 2. The molecule has 0 fully saturated rings. The van der Waals surface area contributed by atoms with Gasteiger partial charge in [-0.2, -0.15) is 5.10 Å². The van der Waals surface area contributed by atoms with E-state index in [0.717, 1.165) is 0 Å². The summed E-state index contributed by atoms with van der Waals surface area (Å²) >= 11 is 0. The summed E-state index contributed by atoms with van der Waals surface area (Å²) in [6.45, 7) is 2.23. The Kier molecular flexibility index (Phi) is 4.64. The molecule has 0 bridgehead atoms. The van der Waals surface area contributed by atoms with E-state index < -0.39 is 5.97 Å². The van der Waals surface area contributed by atoms with E-state index in [-0.39, 0.29) is 25.5 Å². The van der Waals surface area contributed by atoms with Gasteiger partial charge in [0, 0.05) is 20.6 Å². The van der Waals surface area contributed by atoms with Crippen molar-refractivity contribution in [1.82, 2.24) is 25.0 Å². The van der Waals surface area contributed by atoms with Crippen molar-refractivity contribution in [2.75, 3.05) is 20.6 Å². The highest BCUT2D eigenvalue weighted by Gasteiger charge is 2.16. The zero-order valence-corrected chi connectivity index (χ0v) is 10.7. The van der Waals surface area contributed by atoms with E-state index in [9.17, 15) is 9.59 Å². The monoisotopic (exact) mass is 255 g/mol. The van der Waals surface area contributed by atoms with Crippen molar-refractivity contribution in [3.8, 4) is 0 Å². The van der Waals surface area contributed by atoms with Gasteiger partial charge in [0.25, 0.3) is 0 Å². The molecule has 1 heterocycles. The van der Waals surface area contributed by atoms with Gasteiger partial charge in [0.05, 0.1) is 13.0 Å². The van der Waals surface area contributed by atoms with Crippen LogP contribution in [0.2, 0.25) is 0 Å². The molecular weight excluding hydrogens is 238 g/mol.